The third kappa shape index (κ3) is 9.45. The first-order valence-electron chi connectivity index (χ1n) is 16.3. The van der Waals surface area contributed by atoms with Crippen LogP contribution in [0, 0.1) is 17.6 Å². The average molecular weight is 649 g/mol. The second kappa shape index (κ2) is 16.6. The van der Waals surface area contributed by atoms with E-state index in [2.05, 4.69) is 16.0 Å². The lowest BCUT2D eigenvalue weighted by Gasteiger charge is -2.36. The second-order valence-electron chi connectivity index (χ2n) is 12.5. The molecule has 0 radical (unpaired) electrons. The van der Waals surface area contributed by atoms with Crippen molar-refractivity contribution in [1.29, 1.82) is 0 Å². The van der Waals surface area contributed by atoms with E-state index in [1.807, 2.05) is 74.5 Å². The predicted octanol–water partition coefficient (Wildman–Crippen LogP) is 4.30. The number of carbonyl (C=O) groups is 3. The monoisotopic (exact) mass is 648 g/mol. The zero-order chi connectivity index (χ0) is 34.0. The van der Waals surface area contributed by atoms with Gasteiger partial charge in [-0.05, 0) is 60.4 Å². The summed E-state index contributed by atoms with van der Waals surface area (Å²) in [6.07, 6.45) is 1.18. The summed E-state index contributed by atoms with van der Waals surface area (Å²) >= 11 is 0. The van der Waals surface area contributed by atoms with Gasteiger partial charge in [0.1, 0.15) is 23.2 Å². The molecule has 1 aliphatic heterocycles. The Morgan fingerprint density at radius 1 is 0.957 bits per heavy atom. The van der Waals surface area contributed by atoms with Gasteiger partial charge < -0.3 is 26.0 Å². The number of nitrogens with one attached hydrogen (secondary N) is 3. The SMILES string of the molecule is CC[C@@H](C)[C@@]1(NC(C)=O)CCN([C@@H](CCc2ccccc2)C(=O)N[C@@H](Cc2ccccc2)[C@H](O)CNCc2cc(F)cc(F)c2)C1=O. The van der Waals surface area contributed by atoms with Crippen LogP contribution in [-0.2, 0) is 33.8 Å². The molecule has 1 fully saturated rings. The van der Waals surface area contributed by atoms with Crippen molar-refractivity contribution in [3.63, 3.8) is 0 Å². The summed E-state index contributed by atoms with van der Waals surface area (Å²) in [5.74, 6) is -2.50. The molecule has 4 rings (SSSR count). The molecule has 3 aromatic carbocycles. The summed E-state index contributed by atoms with van der Waals surface area (Å²) in [6, 6.07) is 20.8. The van der Waals surface area contributed by atoms with Crippen molar-refractivity contribution in [2.45, 2.75) is 83.1 Å². The summed E-state index contributed by atoms with van der Waals surface area (Å²) in [5, 5.41) is 20.4. The number of rotatable bonds is 16. The van der Waals surface area contributed by atoms with E-state index in [4.69, 9.17) is 0 Å². The van der Waals surface area contributed by atoms with E-state index in [1.165, 1.54) is 19.1 Å². The van der Waals surface area contributed by atoms with Gasteiger partial charge in [-0.3, -0.25) is 14.4 Å². The fourth-order valence-corrected chi connectivity index (χ4v) is 6.44. The number of hydrogen-bond acceptors (Lipinski definition) is 5. The quantitative estimate of drug-likeness (QED) is 0.185. The summed E-state index contributed by atoms with van der Waals surface area (Å²) < 4.78 is 27.4. The Morgan fingerprint density at radius 2 is 1.57 bits per heavy atom. The Bertz CT molecular complexity index is 1470. The molecule has 3 amide bonds. The van der Waals surface area contributed by atoms with E-state index < -0.39 is 41.3 Å². The number of benzene rings is 3. The van der Waals surface area contributed by atoms with Crippen molar-refractivity contribution in [2.75, 3.05) is 13.1 Å². The Morgan fingerprint density at radius 3 is 2.17 bits per heavy atom. The van der Waals surface area contributed by atoms with Crippen LogP contribution in [-0.4, -0.2) is 64.5 Å². The van der Waals surface area contributed by atoms with Gasteiger partial charge in [-0.25, -0.2) is 8.78 Å². The minimum atomic E-state index is -1.10. The van der Waals surface area contributed by atoms with Crippen molar-refractivity contribution in [2.24, 2.45) is 5.92 Å². The van der Waals surface area contributed by atoms with Gasteiger partial charge in [0.25, 0.3) is 0 Å². The summed E-state index contributed by atoms with van der Waals surface area (Å²) in [4.78, 5) is 42.3. The van der Waals surface area contributed by atoms with E-state index in [-0.39, 0.29) is 30.8 Å². The number of aliphatic hydroxyl groups is 1. The zero-order valence-electron chi connectivity index (χ0n) is 27.3. The number of hydrogen-bond donors (Lipinski definition) is 4. The fourth-order valence-electron chi connectivity index (χ4n) is 6.44. The maximum atomic E-state index is 14.2. The van der Waals surface area contributed by atoms with E-state index in [1.54, 1.807) is 4.90 Å². The highest BCUT2D eigenvalue weighted by molar-refractivity contribution is 5.96. The van der Waals surface area contributed by atoms with Crippen molar-refractivity contribution >= 4 is 17.7 Å². The maximum absolute atomic E-state index is 14.2. The highest BCUT2D eigenvalue weighted by Crippen LogP contribution is 2.34. The lowest BCUT2D eigenvalue weighted by Crippen LogP contribution is -2.60. The molecule has 3 aromatic rings. The molecule has 0 bridgehead atoms. The van der Waals surface area contributed by atoms with Gasteiger partial charge in [-0.1, -0.05) is 80.9 Å². The zero-order valence-corrected chi connectivity index (χ0v) is 27.3. The summed E-state index contributed by atoms with van der Waals surface area (Å²) in [6.45, 7) is 5.75. The van der Waals surface area contributed by atoms with Crippen LogP contribution in [0.4, 0.5) is 8.78 Å². The van der Waals surface area contributed by atoms with Crippen LogP contribution in [0.5, 0.6) is 0 Å². The van der Waals surface area contributed by atoms with Gasteiger partial charge in [0.05, 0.1) is 12.1 Å². The Labute approximate surface area is 275 Å². The number of carbonyl (C=O) groups excluding carboxylic acids is 3. The molecule has 1 aliphatic rings. The molecular weight excluding hydrogens is 602 g/mol. The molecule has 10 heteroatoms. The van der Waals surface area contributed by atoms with Crippen molar-refractivity contribution < 1.29 is 28.3 Å². The minimum Gasteiger partial charge on any atom is -0.390 e. The average Bonchev–Trinajstić information content (AvgIpc) is 3.36. The minimum absolute atomic E-state index is 0.0346. The van der Waals surface area contributed by atoms with E-state index >= 15 is 0 Å². The lowest BCUT2D eigenvalue weighted by molar-refractivity contribution is -0.144. The van der Waals surface area contributed by atoms with Crippen molar-refractivity contribution in [1.82, 2.24) is 20.9 Å². The summed E-state index contributed by atoms with van der Waals surface area (Å²) in [7, 11) is 0. The normalized spacial score (nSPS) is 18.8. The Balaban J connectivity index is 1.57. The molecule has 1 saturated heterocycles. The van der Waals surface area contributed by atoms with E-state index in [0.29, 0.717) is 44.2 Å². The predicted molar refractivity (Wildman–Crippen MR) is 177 cm³/mol. The topological polar surface area (TPSA) is 111 Å². The highest BCUT2D eigenvalue weighted by atomic mass is 19.1. The van der Waals surface area contributed by atoms with Gasteiger partial charge in [0.15, 0.2) is 0 Å². The standard InChI is InChI=1S/C37H46F2N4O4/c1-4-25(2)37(42-26(3)44)17-18-43(36(37)47)33(16-15-27-11-7-5-8-12-27)35(46)41-32(21-28-13-9-6-10-14-28)34(45)24-40-23-29-19-30(38)22-31(39)20-29/h5-14,19-20,22,25,32-34,40,45H,4,15-18,21,23-24H2,1-3H3,(H,41,46)(H,42,44)/t25-,32+,33+,34-,37+/m1/s1. The largest absolute Gasteiger partial charge is 0.390 e. The van der Waals surface area contributed by atoms with Crippen LogP contribution >= 0.6 is 0 Å². The first-order valence-corrected chi connectivity index (χ1v) is 16.3. The Hall–Kier alpha value is -4.15. The van der Waals surface area contributed by atoms with Crippen LogP contribution < -0.4 is 16.0 Å². The molecular formula is C37H46F2N4O4. The lowest BCUT2D eigenvalue weighted by atomic mass is 9.81. The molecule has 0 aliphatic carbocycles. The van der Waals surface area contributed by atoms with E-state index in [0.717, 1.165) is 17.2 Å². The molecule has 5 atom stereocenters. The fraction of sp³-hybridized carbons (Fsp3) is 0.432. The van der Waals surface area contributed by atoms with Gasteiger partial charge in [-0.15, -0.1) is 0 Å². The Kier molecular flexibility index (Phi) is 12.6. The first kappa shape index (κ1) is 35.7. The third-order valence-corrected chi connectivity index (χ3v) is 9.17. The number of aryl methyl sites for hydroxylation is 1. The first-order chi connectivity index (χ1) is 22.5. The molecule has 0 aromatic heterocycles. The third-order valence-electron chi connectivity index (χ3n) is 9.17. The number of nitrogens with zero attached hydrogens (tertiary/aromatic N) is 1. The molecule has 47 heavy (non-hydrogen) atoms. The van der Waals surface area contributed by atoms with E-state index in [9.17, 15) is 28.3 Å². The van der Waals surface area contributed by atoms with Crippen LogP contribution in [0.2, 0.25) is 0 Å². The van der Waals surface area contributed by atoms with Gasteiger partial charge in [0, 0.05) is 32.6 Å². The van der Waals surface area contributed by atoms with Gasteiger partial charge in [0.2, 0.25) is 17.7 Å². The molecule has 4 N–H and O–H groups in total. The summed E-state index contributed by atoms with van der Waals surface area (Å²) in [5.41, 5.74) is 1.19. The van der Waals surface area contributed by atoms with Gasteiger partial charge in [-0.2, -0.15) is 0 Å². The number of aliphatic hydroxyl groups excluding tert-OH is 1. The maximum Gasteiger partial charge on any atom is 0.249 e. The molecule has 252 valence electrons. The van der Waals surface area contributed by atoms with Crippen LogP contribution in [0.1, 0.15) is 56.7 Å². The van der Waals surface area contributed by atoms with Gasteiger partial charge >= 0.3 is 0 Å². The van der Waals surface area contributed by atoms with Crippen molar-refractivity contribution in [3.05, 3.63) is 107 Å². The second-order valence-corrected chi connectivity index (χ2v) is 12.5. The van der Waals surface area contributed by atoms with Crippen molar-refractivity contribution in [3.8, 4) is 0 Å². The van der Waals surface area contributed by atoms with Crippen LogP contribution in [0.25, 0.3) is 0 Å². The molecule has 0 unspecified atom stereocenters. The highest BCUT2D eigenvalue weighted by Gasteiger charge is 2.53. The molecule has 8 nitrogen and oxygen atoms in total. The number of likely N-dealkylation sites (tertiary alicyclic amines) is 1. The molecule has 1 heterocycles. The smallest absolute Gasteiger partial charge is 0.249 e. The number of halogens is 2. The molecule has 0 saturated carbocycles. The molecule has 0 spiro atoms. The van der Waals surface area contributed by atoms with Crippen LogP contribution in [0.3, 0.4) is 0 Å². The number of amides is 3. The van der Waals surface area contributed by atoms with Crippen LogP contribution in [0.15, 0.2) is 78.9 Å².